The van der Waals surface area contributed by atoms with Crippen molar-refractivity contribution < 1.29 is 24.2 Å². The lowest BCUT2D eigenvalue weighted by molar-refractivity contribution is -0.147. The third-order valence-electron chi connectivity index (χ3n) is 3.72. The van der Waals surface area contributed by atoms with E-state index in [-0.39, 0.29) is 18.6 Å². The molecular weight excluding hydrogens is 356 g/mol. The number of hydrogen-bond donors (Lipinski definition) is 1. The van der Waals surface area contributed by atoms with Crippen LogP contribution in [0.3, 0.4) is 0 Å². The Balaban J connectivity index is 3.01. The number of rotatable bonds is 7. The molecule has 1 unspecified atom stereocenters. The highest BCUT2D eigenvalue weighted by atomic mass is 32.1. The fraction of sp³-hybridized carbons (Fsp3) is 0.722. The third-order valence-corrected chi connectivity index (χ3v) is 4.70. The van der Waals surface area contributed by atoms with Crippen molar-refractivity contribution in [3.63, 3.8) is 0 Å². The standard InChI is InChI=1S/C18H30N2O5S/c1-11(2)14(20(7)17(23)25-18(4,5)6)8-15(24-12(3)22)16-19-13(9-21)10-26-16/h10-11,14-15,21H,8-9H2,1-7H3/t14?,15-/m0/s1. The van der Waals surface area contributed by atoms with Crippen molar-refractivity contribution in [3.8, 4) is 0 Å². The lowest BCUT2D eigenvalue weighted by Crippen LogP contribution is -2.44. The monoisotopic (exact) mass is 386 g/mol. The second-order valence-electron chi connectivity index (χ2n) is 7.57. The number of aliphatic hydroxyl groups excluding tert-OH is 1. The molecule has 26 heavy (non-hydrogen) atoms. The van der Waals surface area contributed by atoms with Crippen LogP contribution >= 0.6 is 11.3 Å². The van der Waals surface area contributed by atoms with Crippen LogP contribution in [0.2, 0.25) is 0 Å². The quantitative estimate of drug-likeness (QED) is 0.721. The Bertz CT molecular complexity index is 609. The zero-order chi connectivity index (χ0) is 20.1. The predicted molar refractivity (Wildman–Crippen MR) is 99.8 cm³/mol. The minimum absolute atomic E-state index is 0.114. The van der Waals surface area contributed by atoms with Crippen LogP contribution in [0.15, 0.2) is 5.38 Å². The number of carbonyl (C=O) groups is 2. The van der Waals surface area contributed by atoms with Gasteiger partial charge in [0.2, 0.25) is 0 Å². The van der Waals surface area contributed by atoms with Crippen molar-refractivity contribution in [1.82, 2.24) is 9.88 Å². The number of aromatic nitrogens is 1. The molecule has 0 radical (unpaired) electrons. The molecule has 1 rings (SSSR count). The van der Waals surface area contributed by atoms with Crippen LogP contribution in [0.4, 0.5) is 4.79 Å². The molecule has 0 aliphatic heterocycles. The van der Waals surface area contributed by atoms with E-state index in [0.29, 0.717) is 17.1 Å². The largest absolute Gasteiger partial charge is 0.455 e. The van der Waals surface area contributed by atoms with Gasteiger partial charge in [0.15, 0.2) is 6.10 Å². The molecule has 1 heterocycles. The zero-order valence-corrected chi connectivity index (χ0v) is 17.4. The molecule has 0 aromatic carbocycles. The highest BCUT2D eigenvalue weighted by Gasteiger charge is 2.32. The first-order valence-corrected chi connectivity index (χ1v) is 9.50. The lowest BCUT2D eigenvalue weighted by atomic mass is 9.96. The smallest absolute Gasteiger partial charge is 0.410 e. The highest BCUT2D eigenvalue weighted by molar-refractivity contribution is 7.09. The molecule has 1 N–H and O–H groups in total. The first-order chi connectivity index (χ1) is 11.9. The topological polar surface area (TPSA) is 89.0 Å². The van der Waals surface area contributed by atoms with Crippen LogP contribution in [0, 0.1) is 5.92 Å². The number of carbonyl (C=O) groups excluding carboxylic acids is 2. The van der Waals surface area contributed by atoms with E-state index in [4.69, 9.17) is 9.47 Å². The van der Waals surface area contributed by atoms with E-state index in [1.54, 1.807) is 17.3 Å². The summed E-state index contributed by atoms with van der Waals surface area (Å²) in [6, 6.07) is -0.212. The summed E-state index contributed by atoms with van der Waals surface area (Å²) in [6.45, 7) is 10.6. The Labute approximate surface area is 159 Å². The summed E-state index contributed by atoms with van der Waals surface area (Å²) in [6.07, 6.45) is -0.617. The zero-order valence-electron chi connectivity index (χ0n) is 16.6. The van der Waals surface area contributed by atoms with Crippen LogP contribution in [-0.2, 0) is 20.9 Å². The van der Waals surface area contributed by atoms with Gasteiger partial charge in [-0.05, 0) is 26.7 Å². The number of ether oxygens (including phenoxy) is 2. The van der Waals surface area contributed by atoms with Gasteiger partial charge in [-0.3, -0.25) is 4.79 Å². The summed E-state index contributed by atoms with van der Waals surface area (Å²) in [7, 11) is 1.69. The number of esters is 1. The van der Waals surface area contributed by atoms with Gasteiger partial charge in [0.05, 0.1) is 12.3 Å². The van der Waals surface area contributed by atoms with Gasteiger partial charge in [-0.15, -0.1) is 11.3 Å². The first kappa shape index (κ1) is 22.4. The Kier molecular flexibility index (Phi) is 8.02. The first-order valence-electron chi connectivity index (χ1n) is 8.62. The molecule has 1 amide bonds. The third kappa shape index (κ3) is 6.92. The van der Waals surface area contributed by atoms with Crippen LogP contribution in [0.5, 0.6) is 0 Å². The summed E-state index contributed by atoms with van der Waals surface area (Å²) in [5, 5.41) is 11.6. The van der Waals surface area contributed by atoms with Gasteiger partial charge in [0.25, 0.3) is 0 Å². The minimum Gasteiger partial charge on any atom is -0.455 e. The van der Waals surface area contributed by atoms with Crippen LogP contribution in [0.1, 0.15) is 64.8 Å². The highest BCUT2D eigenvalue weighted by Crippen LogP contribution is 2.30. The maximum Gasteiger partial charge on any atom is 0.410 e. The molecule has 2 atom stereocenters. The molecule has 0 aliphatic rings. The van der Waals surface area contributed by atoms with E-state index >= 15 is 0 Å². The van der Waals surface area contributed by atoms with Crippen molar-refractivity contribution in [2.75, 3.05) is 7.05 Å². The number of nitrogens with zero attached hydrogens (tertiary/aromatic N) is 2. The Hall–Kier alpha value is -1.67. The minimum atomic E-state index is -0.590. The van der Waals surface area contributed by atoms with E-state index in [9.17, 15) is 14.7 Å². The molecule has 0 spiro atoms. The Morgan fingerprint density at radius 2 is 1.96 bits per heavy atom. The molecule has 148 valence electrons. The number of amides is 1. The second kappa shape index (κ2) is 9.32. The van der Waals surface area contributed by atoms with E-state index in [1.165, 1.54) is 18.3 Å². The van der Waals surface area contributed by atoms with E-state index in [1.807, 2.05) is 34.6 Å². The summed E-state index contributed by atoms with van der Waals surface area (Å²) in [5.74, 6) is -0.305. The van der Waals surface area contributed by atoms with Gasteiger partial charge in [0, 0.05) is 31.8 Å². The lowest BCUT2D eigenvalue weighted by Gasteiger charge is -2.34. The SMILES string of the molecule is CC(=O)O[C@@H](CC(C(C)C)N(C)C(=O)OC(C)(C)C)c1nc(CO)cs1. The average Bonchev–Trinajstić information content (AvgIpc) is 2.97. The van der Waals surface area contributed by atoms with Gasteiger partial charge in [-0.25, -0.2) is 9.78 Å². The van der Waals surface area contributed by atoms with Crippen LogP contribution < -0.4 is 0 Å². The molecular formula is C18H30N2O5S. The van der Waals surface area contributed by atoms with Gasteiger partial charge in [-0.1, -0.05) is 13.8 Å². The summed E-state index contributed by atoms with van der Waals surface area (Å²) < 4.78 is 10.9. The normalized spacial score (nSPS) is 14.0. The van der Waals surface area contributed by atoms with E-state index in [2.05, 4.69) is 4.98 Å². The molecule has 0 aliphatic carbocycles. The molecule has 1 aromatic rings. The fourth-order valence-corrected chi connectivity index (χ4v) is 3.36. The number of aliphatic hydroxyl groups is 1. The molecule has 0 saturated heterocycles. The van der Waals surface area contributed by atoms with Gasteiger partial charge in [0.1, 0.15) is 10.6 Å². The molecule has 8 heteroatoms. The van der Waals surface area contributed by atoms with Crippen molar-refractivity contribution in [1.29, 1.82) is 0 Å². The van der Waals surface area contributed by atoms with Gasteiger partial charge >= 0.3 is 12.1 Å². The number of thiazole rings is 1. The van der Waals surface area contributed by atoms with E-state index in [0.717, 1.165) is 0 Å². The van der Waals surface area contributed by atoms with Gasteiger partial charge in [-0.2, -0.15) is 0 Å². The maximum absolute atomic E-state index is 12.4. The van der Waals surface area contributed by atoms with Crippen molar-refractivity contribution in [3.05, 3.63) is 16.1 Å². The maximum atomic E-state index is 12.4. The van der Waals surface area contributed by atoms with Crippen molar-refractivity contribution in [2.24, 2.45) is 5.92 Å². The Morgan fingerprint density at radius 3 is 2.38 bits per heavy atom. The molecule has 0 bridgehead atoms. The fourth-order valence-electron chi connectivity index (χ4n) is 2.51. The predicted octanol–water partition coefficient (Wildman–Crippen LogP) is 3.52. The number of hydrogen-bond acceptors (Lipinski definition) is 7. The van der Waals surface area contributed by atoms with E-state index < -0.39 is 23.8 Å². The van der Waals surface area contributed by atoms with Crippen molar-refractivity contribution >= 4 is 23.4 Å². The van der Waals surface area contributed by atoms with Crippen molar-refractivity contribution in [2.45, 2.75) is 72.3 Å². The summed E-state index contributed by atoms with van der Waals surface area (Å²) in [5.41, 5.74) is -0.0585. The summed E-state index contributed by atoms with van der Waals surface area (Å²) in [4.78, 5) is 29.9. The van der Waals surface area contributed by atoms with Gasteiger partial charge < -0.3 is 19.5 Å². The average molecular weight is 387 g/mol. The summed E-state index contributed by atoms with van der Waals surface area (Å²) >= 11 is 1.33. The van der Waals surface area contributed by atoms with Crippen LogP contribution in [0.25, 0.3) is 0 Å². The molecule has 0 fully saturated rings. The molecule has 1 aromatic heterocycles. The molecule has 0 saturated carbocycles. The second-order valence-corrected chi connectivity index (χ2v) is 8.46. The molecule has 7 nitrogen and oxygen atoms in total. The van der Waals surface area contributed by atoms with Crippen LogP contribution in [-0.4, -0.2) is 45.7 Å². The Morgan fingerprint density at radius 1 is 1.35 bits per heavy atom.